The van der Waals surface area contributed by atoms with Crippen molar-refractivity contribution < 1.29 is 19.0 Å². The van der Waals surface area contributed by atoms with Crippen LogP contribution in [0.5, 0.6) is 11.5 Å². The molecule has 6 nitrogen and oxygen atoms in total. The summed E-state index contributed by atoms with van der Waals surface area (Å²) in [6, 6.07) is 7.03. The fraction of sp³-hybridized carbons (Fsp3) is 0.429. The molecule has 2 rings (SSSR count). The Bertz CT molecular complexity index is 516. The highest BCUT2D eigenvalue weighted by Gasteiger charge is 2.25. The molecule has 1 amide bonds. The molecule has 0 bridgehead atoms. The van der Waals surface area contributed by atoms with Crippen LogP contribution >= 0.6 is 0 Å². The van der Waals surface area contributed by atoms with E-state index in [-0.39, 0.29) is 12.5 Å². The topological polar surface area (TPSA) is 71.8 Å². The summed E-state index contributed by atoms with van der Waals surface area (Å²) in [5.74, 6) is 0.946. The molecule has 0 aromatic heterocycles. The van der Waals surface area contributed by atoms with E-state index < -0.39 is 6.10 Å². The van der Waals surface area contributed by atoms with Gasteiger partial charge in [0.2, 0.25) is 0 Å². The molecule has 0 spiro atoms. The van der Waals surface area contributed by atoms with E-state index in [0.717, 1.165) is 0 Å². The summed E-state index contributed by atoms with van der Waals surface area (Å²) in [4.78, 5) is 14.1. The van der Waals surface area contributed by atoms with Crippen LogP contribution in [0.3, 0.4) is 0 Å². The second-order valence-corrected chi connectivity index (χ2v) is 4.34. The van der Waals surface area contributed by atoms with Gasteiger partial charge in [-0.05, 0) is 12.1 Å². The number of hydrogen-bond donors (Lipinski definition) is 0. The Morgan fingerprint density at radius 3 is 2.55 bits per heavy atom. The lowest BCUT2D eigenvalue weighted by Gasteiger charge is -2.29. The van der Waals surface area contributed by atoms with Crippen LogP contribution in [0.25, 0.3) is 0 Å². The van der Waals surface area contributed by atoms with Crippen molar-refractivity contribution in [3.05, 3.63) is 23.8 Å². The lowest BCUT2D eigenvalue weighted by Crippen LogP contribution is -2.45. The fourth-order valence-electron chi connectivity index (χ4n) is 2.03. The number of nitrogens with zero attached hydrogens (tertiary/aromatic N) is 2. The Labute approximate surface area is 117 Å². The highest BCUT2D eigenvalue weighted by Crippen LogP contribution is 2.24. The maximum absolute atomic E-state index is 12.4. The quantitative estimate of drug-likeness (QED) is 0.825. The summed E-state index contributed by atoms with van der Waals surface area (Å²) in [6.07, 6.45) is -0.569. The van der Waals surface area contributed by atoms with Crippen LogP contribution in [0, 0.1) is 11.3 Å². The van der Waals surface area contributed by atoms with Crippen molar-refractivity contribution >= 4 is 5.91 Å². The summed E-state index contributed by atoms with van der Waals surface area (Å²) in [6.45, 7) is 1.11. The van der Waals surface area contributed by atoms with Gasteiger partial charge in [0, 0.05) is 18.2 Å². The average molecular weight is 276 g/mol. The minimum atomic E-state index is -0.569. The molecule has 1 aliphatic rings. The lowest BCUT2D eigenvalue weighted by molar-refractivity contribution is 0.00344. The zero-order chi connectivity index (χ0) is 14.5. The van der Waals surface area contributed by atoms with Crippen molar-refractivity contribution in [3.8, 4) is 17.6 Å². The predicted octanol–water partition coefficient (Wildman–Crippen LogP) is 1.07. The first kappa shape index (κ1) is 14.2. The molecule has 1 aliphatic heterocycles. The highest BCUT2D eigenvalue weighted by atomic mass is 16.5. The van der Waals surface area contributed by atoms with Gasteiger partial charge in [-0.3, -0.25) is 4.79 Å². The minimum absolute atomic E-state index is 0.161. The molecule has 6 heteroatoms. The largest absolute Gasteiger partial charge is 0.497 e. The fourth-order valence-corrected chi connectivity index (χ4v) is 2.03. The maximum atomic E-state index is 12.4. The van der Waals surface area contributed by atoms with Gasteiger partial charge < -0.3 is 19.1 Å². The molecule has 1 unspecified atom stereocenters. The molecule has 1 heterocycles. The normalized spacial score (nSPS) is 18.2. The molecular weight excluding hydrogens is 260 g/mol. The minimum Gasteiger partial charge on any atom is -0.497 e. The average Bonchev–Trinajstić information content (AvgIpc) is 2.53. The summed E-state index contributed by atoms with van der Waals surface area (Å²) in [5, 5.41) is 8.87. The van der Waals surface area contributed by atoms with Gasteiger partial charge in [-0.25, -0.2) is 0 Å². The second kappa shape index (κ2) is 6.26. The SMILES string of the molecule is COc1cc(OC)cc(C(=O)N2CCOC(C#N)C2)c1. The first-order valence-corrected chi connectivity index (χ1v) is 6.21. The van der Waals surface area contributed by atoms with Crippen LogP contribution in [0.4, 0.5) is 0 Å². The number of hydrogen-bond acceptors (Lipinski definition) is 5. The van der Waals surface area contributed by atoms with Crippen LogP contribution in [0.2, 0.25) is 0 Å². The number of rotatable bonds is 3. The molecule has 106 valence electrons. The Hall–Kier alpha value is -2.26. The molecule has 0 radical (unpaired) electrons. The number of morpholine rings is 1. The molecule has 1 aromatic rings. The third kappa shape index (κ3) is 3.00. The summed E-state index contributed by atoms with van der Waals surface area (Å²) >= 11 is 0. The maximum Gasteiger partial charge on any atom is 0.254 e. The molecule has 0 saturated carbocycles. The van der Waals surface area contributed by atoms with Crippen molar-refractivity contribution in [1.82, 2.24) is 4.90 Å². The zero-order valence-electron chi connectivity index (χ0n) is 11.5. The van der Waals surface area contributed by atoms with Crippen molar-refractivity contribution in [2.45, 2.75) is 6.10 Å². The third-order valence-corrected chi connectivity index (χ3v) is 3.10. The van der Waals surface area contributed by atoms with Crippen LogP contribution < -0.4 is 9.47 Å². The standard InChI is InChI=1S/C14H16N2O4/c1-18-11-5-10(6-12(7-11)19-2)14(17)16-3-4-20-13(8-15)9-16/h5-7,13H,3-4,9H2,1-2H3. The molecule has 1 atom stereocenters. The molecule has 1 fully saturated rings. The van der Waals surface area contributed by atoms with Crippen LogP contribution in [-0.2, 0) is 4.74 Å². The number of methoxy groups -OCH3 is 2. The van der Waals surface area contributed by atoms with Crippen molar-refractivity contribution in [3.63, 3.8) is 0 Å². The molecule has 20 heavy (non-hydrogen) atoms. The van der Waals surface area contributed by atoms with E-state index in [4.69, 9.17) is 19.5 Å². The van der Waals surface area contributed by atoms with Gasteiger partial charge in [0.25, 0.3) is 5.91 Å². The van der Waals surface area contributed by atoms with Crippen LogP contribution in [0.15, 0.2) is 18.2 Å². The Kier molecular flexibility index (Phi) is 4.43. The molecule has 1 aromatic carbocycles. The van der Waals surface area contributed by atoms with E-state index in [2.05, 4.69) is 0 Å². The monoisotopic (exact) mass is 276 g/mol. The van der Waals surface area contributed by atoms with Crippen molar-refractivity contribution in [2.75, 3.05) is 33.9 Å². The van der Waals surface area contributed by atoms with E-state index in [9.17, 15) is 4.79 Å². The van der Waals surface area contributed by atoms with Gasteiger partial charge in [-0.1, -0.05) is 0 Å². The lowest BCUT2D eigenvalue weighted by atomic mass is 10.1. The smallest absolute Gasteiger partial charge is 0.254 e. The number of amides is 1. The Balaban J connectivity index is 2.22. The van der Waals surface area contributed by atoms with E-state index in [1.54, 1.807) is 23.1 Å². The number of ether oxygens (including phenoxy) is 3. The predicted molar refractivity (Wildman–Crippen MR) is 70.8 cm³/mol. The third-order valence-electron chi connectivity index (χ3n) is 3.10. The first-order valence-electron chi connectivity index (χ1n) is 6.21. The van der Waals surface area contributed by atoms with E-state index >= 15 is 0 Å². The van der Waals surface area contributed by atoms with Gasteiger partial charge in [0.15, 0.2) is 6.10 Å². The Morgan fingerprint density at radius 2 is 2.00 bits per heavy atom. The molecule has 0 aliphatic carbocycles. The molecule has 0 N–H and O–H groups in total. The van der Waals surface area contributed by atoms with Crippen molar-refractivity contribution in [1.29, 1.82) is 5.26 Å². The molecular formula is C14H16N2O4. The summed E-state index contributed by atoms with van der Waals surface area (Å²) in [7, 11) is 3.06. The number of carbonyl (C=O) groups is 1. The van der Waals surface area contributed by atoms with Gasteiger partial charge in [-0.15, -0.1) is 0 Å². The van der Waals surface area contributed by atoms with Gasteiger partial charge in [0.1, 0.15) is 11.5 Å². The van der Waals surface area contributed by atoms with Crippen LogP contribution in [-0.4, -0.2) is 50.8 Å². The summed E-state index contributed by atoms with van der Waals surface area (Å²) < 4.78 is 15.5. The summed E-state index contributed by atoms with van der Waals surface area (Å²) in [5.41, 5.74) is 0.472. The van der Waals surface area contributed by atoms with Crippen LogP contribution in [0.1, 0.15) is 10.4 Å². The first-order chi connectivity index (χ1) is 9.67. The van der Waals surface area contributed by atoms with Crippen molar-refractivity contribution in [2.24, 2.45) is 0 Å². The molecule has 1 saturated heterocycles. The van der Waals surface area contributed by atoms with Gasteiger partial charge >= 0.3 is 0 Å². The Morgan fingerprint density at radius 1 is 1.35 bits per heavy atom. The zero-order valence-corrected chi connectivity index (χ0v) is 11.5. The van der Waals surface area contributed by atoms with E-state index in [0.29, 0.717) is 30.2 Å². The number of nitriles is 1. The second-order valence-electron chi connectivity index (χ2n) is 4.34. The highest BCUT2D eigenvalue weighted by molar-refractivity contribution is 5.95. The van der Waals surface area contributed by atoms with Gasteiger partial charge in [0.05, 0.1) is 33.4 Å². The number of benzene rings is 1. The van der Waals surface area contributed by atoms with E-state index in [1.165, 1.54) is 14.2 Å². The van der Waals surface area contributed by atoms with E-state index in [1.807, 2.05) is 6.07 Å². The van der Waals surface area contributed by atoms with Gasteiger partial charge in [-0.2, -0.15) is 5.26 Å². The number of carbonyl (C=O) groups excluding carboxylic acids is 1.